The van der Waals surface area contributed by atoms with E-state index in [4.69, 9.17) is 10.5 Å². The number of hydrogen-bond acceptors (Lipinski definition) is 3. The second-order valence-electron chi connectivity index (χ2n) is 4.22. The lowest BCUT2D eigenvalue weighted by Gasteiger charge is -2.25. The van der Waals surface area contributed by atoms with E-state index in [2.05, 4.69) is 25.7 Å². The minimum absolute atomic E-state index is 0.524. The van der Waals surface area contributed by atoms with Gasteiger partial charge in [0.15, 0.2) is 0 Å². The third-order valence-corrected chi connectivity index (χ3v) is 2.86. The van der Waals surface area contributed by atoms with Crippen molar-refractivity contribution in [3.8, 4) is 5.75 Å². The van der Waals surface area contributed by atoms with Crippen LogP contribution in [0.25, 0.3) is 0 Å². The van der Waals surface area contributed by atoms with Crippen LogP contribution in [0.5, 0.6) is 5.75 Å². The highest BCUT2D eigenvalue weighted by Crippen LogP contribution is 2.21. The first-order chi connectivity index (χ1) is 7.58. The molecular weight excluding hydrogens is 200 g/mol. The molecule has 0 unspecified atom stereocenters. The van der Waals surface area contributed by atoms with Gasteiger partial charge in [-0.1, -0.05) is 6.92 Å². The molecule has 0 saturated carbocycles. The Balaban J connectivity index is 2.86. The predicted octanol–water partition coefficient (Wildman–Crippen LogP) is 2.51. The third kappa shape index (κ3) is 3.14. The molecule has 0 aliphatic carbocycles. The van der Waals surface area contributed by atoms with Crippen molar-refractivity contribution < 1.29 is 4.74 Å². The Morgan fingerprint density at radius 1 is 1.38 bits per heavy atom. The van der Waals surface area contributed by atoms with E-state index in [0.717, 1.165) is 30.1 Å². The first-order valence-electron chi connectivity index (χ1n) is 5.75. The number of hydrogen-bond donors (Lipinski definition) is 1. The molecule has 0 fully saturated rings. The summed E-state index contributed by atoms with van der Waals surface area (Å²) < 4.78 is 5.21. The lowest BCUT2D eigenvalue weighted by molar-refractivity contribution is 0.225. The molecule has 1 rings (SSSR count). The van der Waals surface area contributed by atoms with Crippen LogP contribution in [0.2, 0.25) is 0 Å². The molecule has 0 aliphatic heterocycles. The summed E-state index contributed by atoms with van der Waals surface area (Å²) in [7, 11) is 1.68. The van der Waals surface area contributed by atoms with Crippen LogP contribution in [0, 0.1) is 0 Å². The van der Waals surface area contributed by atoms with Gasteiger partial charge in [0.2, 0.25) is 0 Å². The van der Waals surface area contributed by atoms with Gasteiger partial charge in [0.25, 0.3) is 0 Å². The highest BCUT2D eigenvalue weighted by Gasteiger charge is 2.10. The van der Waals surface area contributed by atoms with Crippen LogP contribution in [0.1, 0.15) is 26.3 Å². The Bertz CT molecular complexity index is 337. The molecular formula is C13H22N2O. The molecule has 1 aromatic carbocycles. The minimum Gasteiger partial charge on any atom is -0.497 e. The average Bonchev–Trinajstić information content (AvgIpc) is 2.27. The second-order valence-corrected chi connectivity index (χ2v) is 4.22. The maximum absolute atomic E-state index is 5.97. The lowest BCUT2D eigenvalue weighted by Crippen LogP contribution is -2.30. The predicted molar refractivity (Wildman–Crippen MR) is 68.6 cm³/mol. The van der Waals surface area contributed by atoms with Gasteiger partial charge in [-0.25, -0.2) is 0 Å². The number of nitrogens with zero attached hydrogens (tertiary/aromatic N) is 1. The van der Waals surface area contributed by atoms with E-state index in [1.54, 1.807) is 7.11 Å². The van der Waals surface area contributed by atoms with Gasteiger partial charge in [0.05, 0.1) is 7.11 Å². The molecule has 0 saturated heterocycles. The van der Waals surface area contributed by atoms with E-state index in [-0.39, 0.29) is 0 Å². The van der Waals surface area contributed by atoms with Crippen molar-refractivity contribution in [1.82, 2.24) is 4.90 Å². The van der Waals surface area contributed by atoms with Gasteiger partial charge >= 0.3 is 0 Å². The molecule has 0 heterocycles. The zero-order valence-corrected chi connectivity index (χ0v) is 10.7. The van der Waals surface area contributed by atoms with E-state index in [0.29, 0.717) is 6.04 Å². The van der Waals surface area contributed by atoms with E-state index in [9.17, 15) is 0 Å². The van der Waals surface area contributed by atoms with Crippen molar-refractivity contribution in [2.75, 3.05) is 19.4 Å². The Kier molecular flexibility index (Phi) is 4.62. The SMILES string of the molecule is CCN(Cc1cc(OC)ccc1N)C(C)C. The average molecular weight is 222 g/mol. The zero-order valence-electron chi connectivity index (χ0n) is 10.7. The molecule has 16 heavy (non-hydrogen) atoms. The highest BCUT2D eigenvalue weighted by atomic mass is 16.5. The van der Waals surface area contributed by atoms with Crippen LogP contribution in [-0.4, -0.2) is 24.6 Å². The van der Waals surface area contributed by atoms with Crippen molar-refractivity contribution in [1.29, 1.82) is 0 Å². The summed E-state index contributed by atoms with van der Waals surface area (Å²) >= 11 is 0. The third-order valence-electron chi connectivity index (χ3n) is 2.86. The summed E-state index contributed by atoms with van der Waals surface area (Å²) in [4.78, 5) is 2.37. The van der Waals surface area contributed by atoms with Crippen LogP contribution in [0.15, 0.2) is 18.2 Å². The van der Waals surface area contributed by atoms with Crippen LogP contribution in [0.4, 0.5) is 5.69 Å². The van der Waals surface area contributed by atoms with E-state index in [1.807, 2.05) is 18.2 Å². The molecule has 3 nitrogen and oxygen atoms in total. The molecule has 0 spiro atoms. The summed E-state index contributed by atoms with van der Waals surface area (Å²) in [6.07, 6.45) is 0. The summed E-state index contributed by atoms with van der Waals surface area (Å²) in [6, 6.07) is 6.34. The molecule has 0 bridgehead atoms. The number of rotatable bonds is 5. The maximum Gasteiger partial charge on any atom is 0.119 e. The first kappa shape index (κ1) is 12.8. The van der Waals surface area contributed by atoms with E-state index < -0.39 is 0 Å². The van der Waals surface area contributed by atoms with Gasteiger partial charge in [-0.15, -0.1) is 0 Å². The Morgan fingerprint density at radius 3 is 2.56 bits per heavy atom. The number of nitrogen functional groups attached to an aromatic ring is 1. The van der Waals surface area contributed by atoms with Crippen molar-refractivity contribution in [3.63, 3.8) is 0 Å². The summed E-state index contributed by atoms with van der Waals surface area (Å²) in [6.45, 7) is 8.45. The molecule has 0 atom stereocenters. The largest absolute Gasteiger partial charge is 0.497 e. The molecule has 0 radical (unpaired) electrons. The van der Waals surface area contributed by atoms with Gasteiger partial charge in [-0.3, -0.25) is 4.90 Å². The Hall–Kier alpha value is -1.22. The smallest absolute Gasteiger partial charge is 0.119 e. The number of benzene rings is 1. The van der Waals surface area contributed by atoms with Gasteiger partial charge in [0.1, 0.15) is 5.75 Å². The molecule has 0 aromatic heterocycles. The summed E-state index contributed by atoms with van der Waals surface area (Å²) in [5.41, 5.74) is 7.93. The van der Waals surface area contributed by atoms with Gasteiger partial charge in [-0.2, -0.15) is 0 Å². The fourth-order valence-corrected chi connectivity index (χ4v) is 1.72. The molecule has 3 heteroatoms. The van der Waals surface area contributed by atoms with Gasteiger partial charge in [-0.05, 0) is 44.2 Å². The number of anilines is 1. The Morgan fingerprint density at radius 2 is 2.06 bits per heavy atom. The van der Waals surface area contributed by atoms with Crippen LogP contribution >= 0.6 is 0 Å². The highest BCUT2D eigenvalue weighted by molar-refractivity contribution is 5.50. The van der Waals surface area contributed by atoms with Crippen molar-refractivity contribution in [2.45, 2.75) is 33.4 Å². The fraction of sp³-hybridized carbons (Fsp3) is 0.538. The second kappa shape index (κ2) is 5.75. The monoisotopic (exact) mass is 222 g/mol. The Labute approximate surface area is 98.2 Å². The van der Waals surface area contributed by atoms with Crippen LogP contribution in [-0.2, 0) is 6.54 Å². The molecule has 1 aromatic rings. The van der Waals surface area contributed by atoms with Crippen molar-refractivity contribution in [3.05, 3.63) is 23.8 Å². The summed E-state index contributed by atoms with van der Waals surface area (Å²) in [5.74, 6) is 0.865. The van der Waals surface area contributed by atoms with E-state index in [1.165, 1.54) is 0 Å². The van der Waals surface area contributed by atoms with E-state index >= 15 is 0 Å². The zero-order chi connectivity index (χ0) is 12.1. The number of nitrogens with two attached hydrogens (primary N) is 1. The molecule has 0 aliphatic rings. The number of methoxy groups -OCH3 is 1. The quantitative estimate of drug-likeness (QED) is 0.778. The topological polar surface area (TPSA) is 38.5 Å². The van der Waals surface area contributed by atoms with Crippen molar-refractivity contribution in [2.24, 2.45) is 0 Å². The maximum atomic E-state index is 5.97. The molecule has 0 amide bonds. The van der Waals surface area contributed by atoms with Gasteiger partial charge in [0, 0.05) is 18.3 Å². The van der Waals surface area contributed by atoms with Gasteiger partial charge < -0.3 is 10.5 Å². The molecule has 2 N–H and O–H groups in total. The number of ether oxygens (including phenoxy) is 1. The normalized spacial score (nSPS) is 11.1. The summed E-state index contributed by atoms with van der Waals surface area (Å²) in [5, 5.41) is 0. The van der Waals surface area contributed by atoms with Crippen LogP contribution in [0.3, 0.4) is 0 Å². The standard InChI is InChI=1S/C13H22N2O/c1-5-15(10(2)3)9-11-8-12(16-4)6-7-13(11)14/h6-8,10H,5,9,14H2,1-4H3. The van der Waals surface area contributed by atoms with Crippen molar-refractivity contribution >= 4 is 5.69 Å². The minimum atomic E-state index is 0.524. The molecule has 90 valence electrons. The van der Waals surface area contributed by atoms with Crippen LogP contribution < -0.4 is 10.5 Å². The lowest BCUT2D eigenvalue weighted by atomic mass is 10.1. The fourth-order valence-electron chi connectivity index (χ4n) is 1.72. The first-order valence-corrected chi connectivity index (χ1v) is 5.75.